The number of ether oxygens (including phenoxy) is 1. The van der Waals surface area contributed by atoms with E-state index in [9.17, 15) is 0 Å². The summed E-state index contributed by atoms with van der Waals surface area (Å²) in [5.74, 6) is 0.909. The highest BCUT2D eigenvalue weighted by Gasteiger charge is 2.33. The molecule has 1 aromatic rings. The topological polar surface area (TPSA) is 48.9 Å². The van der Waals surface area contributed by atoms with Crippen molar-refractivity contribution < 1.29 is 4.74 Å². The number of anilines is 1. The van der Waals surface area contributed by atoms with E-state index in [0.29, 0.717) is 12.0 Å². The molecule has 0 atom stereocenters. The molecule has 154 valence electrons. The molecule has 0 saturated heterocycles. The van der Waals surface area contributed by atoms with Crippen molar-refractivity contribution in [2.75, 3.05) is 45.8 Å². The number of benzene rings is 1. The number of guanidine groups is 1. The summed E-state index contributed by atoms with van der Waals surface area (Å²) < 4.78 is 5.34. The van der Waals surface area contributed by atoms with E-state index < -0.39 is 0 Å². The number of rotatable bonds is 9. The van der Waals surface area contributed by atoms with E-state index in [-0.39, 0.29) is 24.0 Å². The van der Waals surface area contributed by atoms with Crippen LogP contribution in [0.5, 0.6) is 0 Å². The Bertz CT molecular complexity index is 571. The molecule has 1 aromatic carbocycles. The number of nitrogens with one attached hydrogen (secondary N) is 2. The zero-order valence-electron chi connectivity index (χ0n) is 17.4. The third-order valence-corrected chi connectivity index (χ3v) is 5.32. The van der Waals surface area contributed by atoms with Crippen LogP contribution in [0.25, 0.3) is 0 Å². The first-order valence-electron chi connectivity index (χ1n) is 9.86. The van der Waals surface area contributed by atoms with Crippen LogP contribution in [0.1, 0.15) is 44.6 Å². The van der Waals surface area contributed by atoms with Gasteiger partial charge >= 0.3 is 0 Å². The fraction of sp³-hybridized carbons (Fsp3) is 0.667. The molecule has 1 aliphatic rings. The Morgan fingerprint density at radius 1 is 1.22 bits per heavy atom. The normalized spacial score (nSPS) is 15.9. The summed E-state index contributed by atoms with van der Waals surface area (Å²) in [7, 11) is 5.92. The SMILES string of the molecule is CCNC(=NCc1cccc(N(C)C)c1)NCC1(CCOC)CCCC1.I. The lowest BCUT2D eigenvalue weighted by Gasteiger charge is -2.30. The molecule has 6 heteroatoms. The van der Waals surface area contributed by atoms with E-state index in [1.54, 1.807) is 7.11 Å². The lowest BCUT2D eigenvalue weighted by Crippen LogP contribution is -2.43. The summed E-state index contributed by atoms with van der Waals surface area (Å²) in [4.78, 5) is 6.92. The highest BCUT2D eigenvalue weighted by molar-refractivity contribution is 14.0. The number of hydrogen-bond acceptors (Lipinski definition) is 3. The molecule has 2 rings (SSSR count). The predicted octanol–water partition coefficient (Wildman–Crippen LogP) is 4.02. The minimum atomic E-state index is 0. The monoisotopic (exact) mass is 488 g/mol. The van der Waals surface area contributed by atoms with Crippen LogP contribution in [0.2, 0.25) is 0 Å². The summed E-state index contributed by atoms with van der Waals surface area (Å²) >= 11 is 0. The number of methoxy groups -OCH3 is 1. The van der Waals surface area contributed by atoms with Gasteiger partial charge < -0.3 is 20.3 Å². The lowest BCUT2D eigenvalue weighted by atomic mass is 9.83. The quantitative estimate of drug-likeness (QED) is 0.313. The maximum Gasteiger partial charge on any atom is 0.191 e. The largest absolute Gasteiger partial charge is 0.385 e. The summed E-state index contributed by atoms with van der Waals surface area (Å²) in [6.45, 7) is 5.48. The Morgan fingerprint density at radius 2 is 1.96 bits per heavy atom. The van der Waals surface area contributed by atoms with Crippen LogP contribution >= 0.6 is 24.0 Å². The van der Waals surface area contributed by atoms with Crippen LogP contribution in [0.4, 0.5) is 5.69 Å². The lowest BCUT2D eigenvalue weighted by molar-refractivity contribution is 0.138. The number of halogens is 1. The average Bonchev–Trinajstić information content (AvgIpc) is 3.12. The van der Waals surface area contributed by atoms with Gasteiger partial charge in [-0.15, -0.1) is 24.0 Å². The summed E-state index contributed by atoms with van der Waals surface area (Å²) in [6.07, 6.45) is 6.36. The van der Waals surface area contributed by atoms with Crippen molar-refractivity contribution in [3.63, 3.8) is 0 Å². The van der Waals surface area contributed by atoms with Crippen LogP contribution in [0.3, 0.4) is 0 Å². The molecule has 0 amide bonds. The minimum absolute atomic E-state index is 0. The second kappa shape index (κ2) is 12.4. The van der Waals surface area contributed by atoms with Crippen LogP contribution in [0, 0.1) is 5.41 Å². The van der Waals surface area contributed by atoms with Crippen LogP contribution in [-0.2, 0) is 11.3 Å². The second-order valence-corrected chi connectivity index (χ2v) is 7.56. The Balaban J connectivity index is 0.00000364. The van der Waals surface area contributed by atoms with E-state index >= 15 is 0 Å². The van der Waals surface area contributed by atoms with Crippen molar-refractivity contribution in [1.29, 1.82) is 0 Å². The van der Waals surface area contributed by atoms with Crippen molar-refractivity contribution in [3.8, 4) is 0 Å². The van der Waals surface area contributed by atoms with Gasteiger partial charge in [0.1, 0.15) is 0 Å². The third kappa shape index (κ3) is 7.86. The van der Waals surface area contributed by atoms with Crippen molar-refractivity contribution in [2.45, 2.75) is 45.6 Å². The van der Waals surface area contributed by atoms with Gasteiger partial charge in [-0.25, -0.2) is 4.99 Å². The molecule has 1 fully saturated rings. The Labute approximate surface area is 182 Å². The number of aliphatic imine (C=N–C) groups is 1. The maximum atomic E-state index is 5.34. The van der Waals surface area contributed by atoms with E-state index in [1.807, 2.05) is 0 Å². The standard InChI is InChI=1S/C21H36N4O.HI/c1-5-22-20(23-16-18-9-8-10-19(15-18)25(2)3)24-17-21(13-14-26-4)11-6-7-12-21;/h8-10,15H,5-7,11-14,16-17H2,1-4H3,(H2,22,23,24);1H. The van der Waals surface area contributed by atoms with Gasteiger partial charge in [0.25, 0.3) is 0 Å². The Morgan fingerprint density at radius 3 is 2.59 bits per heavy atom. The fourth-order valence-corrected chi connectivity index (χ4v) is 3.68. The van der Waals surface area contributed by atoms with E-state index in [2.05, 4.69) is 60.8 Å². The molecule has 0 bridgehead atoms. The highest BCUT2D eigenvalue weighted by atomic mass is 127. The zero-order valence-corrected chi connectivity index (χ0v) is 19.7. The molecule has 0 unspecified atom stereocenters. The molecular weight excluding hydrogens is 451 g/mol. The van der Waals surface area contributed by atoms with E-state index in [0.717, 1.165) is 32.1 Å². The Hall–Kier alpha value is -1.02. The molecule has 0 aliphatic heterocycles. The molecule has 0 spiro atoms. The predicted molar refractivity (Wildman–Crippen MR) is 126 cm³/mol. The highest BCUT2D eigenvalue weighted by Crippen LogP contribution is 2.40. The van der Waals surface area contributed by atoms with Crippen molar-refractivity contribution in [3.05, 3.63) is 29.8 Å². The Kier molecular flexibility index (Phi) is 11.1. The van der Waals surface area contributed by atoms with Crippen LogP contribution in [-0.4, -0.2) is 46.9 Å². The van der Waals surface area contributed by atoms with Gasteiger partial charge in [0.05, 0.1) is 6.54 Å². The first kappa shape index (κ1) is 24.0. The molecule has 5 nitrogen and oxygen atoms in total. The molecule has 0 radical (unpaired) electrons. The molecule has 1 aliphatic carbocycles. The van der Waals surface area contributed by atoms with E-state index in [1.165, 1.54) is 36.9 Å². The van der Waals surface area contributed by atoms with Crippen LogP contribution < -0.4 is 15.5 Å². The maximum absolute atomic E-state index is 5.34. The summed E-state index contributed by atoms with van der Waals surface area (Å²) in [5.41, 5.74) is 2.79. The van der Waals surface area contributed by atoms with Gasteiger partial charge in [0, 0.05) is 46.6 Å². The first-order chi connectivity index (χ1) is 12.6. The summed E-state index contributed by atoms with van der Waals surface area (Å²) in [6, 6.07) is 8.55. The van der Waals surface area contributed by atoms with Gasteiger partial charge in [0.15, 0.2) is 5.96 Å². The minimum Gasteiger partial charge on any atom is -0.385 e. The van der Waals surface area contributed by atoms with Crippen LogP contribution in [0.15, 0.2) is 29.3 Å². The second-order valence-electron chi connectivity index (χ2n) is 7.56. The molecular formula is C21H37IN4O. The molecule has 2 N–H and O–H groups in total. The van der Waals surface area contributed by atoms with Gasteiger partial charge in [-0.1, -0.05) is 25.0 Å². The molecule has 0 heterocycles. The number of hydrogen-bond donors (Lipinski definition) is 2. The van der Waals surface area contributed by atoms with Gasteiger partial charge in [-0.2, -0.15) is 0 Å². The van der Waals surface area contributed by atoms with Crippen molar-refractivity contribution >= 4 is 35.6 Å². The first-order valence-corrected chi connectivity index (χ1v) is 9.86. The van der Waals surface area contributed by atoms with E-state index in [4.69, 9.17) is 9.73 Å². The number of nitrogens with zero attached hydrogens (tertiary/aromatic N) is 2. The van der Waals surface area contributed by atoms with Gasteiger partial charge in [0.2, 0.25) is 0 Å². The third-order valence-electron chi connectivity index (χ3n) is 5.32. The zero-order chi connectivity index (χ0) is 18.8. The summed E-state index contributed by atoms with van der Waals surface area (Å²) in [5, 5.41) is 6.98. The molecule has 0 aromatic heterocycles. The van der Waals surface area contributed by atoms with Crippen molar-refractivity contribution in [2.24, 2.45) is 10.4 Å². The smallest absolute Gasteiger partial charge is 0.191 e. The molecule has 1 saturated carbocycles. The molecule has 27 heavy (non-hydrogen) atoms. The van der Waals surface area contributed by atoms with Crippen molar-refractivity contribution in [1.82, 2.24) is 10.6 Å². The van der Waals surface area contributed by atoms with Gasteiger partial charge in [-0.05, 0) is 49.3 Å². The van der Waals surface area contributed by atoms with Gasteiger partial charge in [-0.3, -0.25) is 0 Å². The fourth-order valence-electron chi connectivity index (χ4n) is 3.68. The average molecular weight is 488 g/mol.